The maximum atomic E-state index is 13.8. The Hall–Kier alpha value is -4.80. The maximum absolute atomic E-state index is 13.8. The molecule has 1 unspecified atom stereocenters. The zero-order valence-electron chi connectivity index (χ0n) is 25.3. The van der Waals surface area contributed by atoms with Gasteiger partial charge in [-0.05, 0) is 77.1 Å². The van der Waals surface area contributed by atoms with Crippen molar-refractivity contribution in [2.45, 2.75) is 38.5 Å². The van der Waals surface area contributed by atoms with Crippen LogP contribution in [0.5, 0.6) is 0 Å². The van der Waals surface area contributed by atoms with Crippen molar-refractivity contribution < 1.29 is 27.0 Å². The molecule has 3 N–H and O–H groups in total. The first-order valence-corrected chi connectivity index (χ1v) is 16.2. The molecule has 5 aromatic rings. The second kappa shape index (κ2) is 13.1. The second-order valence-corrected chi connectivity index (χ2v) is 13.5. The van der Waals surface area contributed by atoms with Gasteiger partial charge in [-0.1, -0.05) is 69.3 Å². The molecule has 1 heterocycles. The van der Waals surface area contributed by atoms with E-state index in [4.69, 9.17) is 8.97 Å². The van der Waals surface area contributed by atoms with Gasteiger partial charge in [0, 0.05) is 23.4 Å². The van der Waals surface area contributed by atoms with E-state index in [-0.39, 0.29) is 17.9 Å². The molecule has 0 aliphatic heterocycles. The van der Waals surface area contributed by atoms with Crippen LogP contribution in [0.2, 0.25) is 0 Å². The van der Waals surface area contributed by atoms with Crippen molar-refractivity contribution in [3.8, 4) is 11.5 Å². The molecule has 10 heteroatoms. The fraction of sp³-hybridized carbons (Fsp3) is 0.229. The number of oxazole rings is 1. The fourth-order valence-electron chi connectivity index (χ4n) is 4.92. The van der Waals surface area contributed by atoms with E-state index >= 15 is 0 Å². The number of carbonyl (C=O) groups is 2. The molecular weight excluding hydrogens is 590 g/mol. The Bertz CT molecular complexity index is 1870. The van der Waals surface area contributed by atoms with Gasteiger partial charge in [0.2, 0.25) is 11.8 Å². The van der Waals surface area contributed by atoms with E-state index in [0.717, 1.165) is 27.8 Å². The maximum Gasteiger partial charge on any atom is 0.266 e. The number of nitrogens with one attached hydrogen (secondary N) is 2. The Balaban J connectivity index is 1.33. The number of hydrogen-bond acceptors (Lipinski definition) is 6. The molecule has 45 heavy (non-hydrogen) atoms. The predicted molar refractivity (Wildman–Crippen MR) is 175 cm³/mol. The number of rotatable bonds is 10. The minimum Gasteiger partial charge on any atom is -0.436 e. The van der Waals surface area contributed by atoms with Crippen LogP contribution in [0.15, 0.2) is 101 Å². The summed E-state index contributed by atoms with van der Waals surface area (Å²) in [4.78, 5) is 30.7. The molecule has 4 aromatic carbocycles. The Morgan fingerprint density at radius 3 is 2.18 bits per heavy atom. The van der Waals surface area contributed by atoms with Crippen molar-refractivity contribution in [1.29, 1.82) is 0 Å². The lowest BCUT2D eigenvalue weighted by Gasteiger charge is -2.22. The summed E-state index contributed by atoms with van der Waals surface area (Å²) < 4.78 is 36.6. The number of hydrogen-bond donors (Lipinski definition) is 3. The predicted octanol–water partition coefficient (Wildman–Crippen LogP) is 6.37. The van der Waals surface area contributed by atoms with Crippen LogP contribution in [-0.4, -0.2) is 42.1 Å². The lowest BCUT2D eigenvalue weighted by Crippen LogP contribution is -2.28. The van der Waals surface area contributed by atoms with Crippen molar-refractivity contribution in [3.63, 3.8) is 0 Å². The molecule has 9 nitrogen and oxygen atoms in total. The van der Waals surface area contributed by atoms with Crippen LogP contribution in [0.3, 0.4) is 0 Å². The lowest BCUT2D eigenvalue weighted by atomic mass is 9.84. The normalized spacial score (nSPS) is 12.5. The third-order valence-electron chi connectivity index (χ3n) is 7.49. The summed E-state index contributed by atoms with van der Waals surface area (Å²) in [5, 5.41) is 5.53. The van der Waals surface area contributed by atoms with Gasteiger partial charge in [0.05, 0.1) is 11.7 Å². The molecule has 232 valence electrons. The molecule has 0 saturated carbocycles. The SMILES string of the molecule is CC(C)(C)c1ccc(C(Cc2ccc(C(=O)NCCS(=O)(=O)O)cc2)C(=O)Nc2ccc(-c3nc4ccccc4o3)cc2)cc1. The number of anilines is 1. The molecule has 0 spiro atoms. The molecule has 0 aliphatic rings. The first kappa shape index (κ1) is 31.6. The van der Waals surface area contributed by atoms with Crippen LogP contribution in [-0.2, 0) is 26.7 Å². The molecule has 0 bridgehead atoms. The number of para-hydroxylation sites is 2. The van der Waals surface area contributed by atoms with Crippen molar-refractivity contribution >= 4 is 38.7 Å². The summed E-state index contributed by atoms with van der Waals surface area (Å²) in [5.41, 5.74) is 6.06. The number of aromatic nitrogens is 1. The summed E-state index contributed by atoms with van der Waals surface area (Å²) in [6.07, 6.45) is 0.381. The number of benzene rings is 4. The Morgan fingerprint density at radius 2 is 1.56 bits per heavy atom. The summed E-state index contributed by atoms with van der Waals surface area (Å²) >= 11 is 0. The highest BCUT2D eigenvalue weighted by Crippen LogP contribution is 2.29. The van der Waals surface area contributed by atoms with Gasteiger partial charge in [-0.3, -0.25) is 14.1 Å². The first-order chi connectivity index (χ1) is 21.4. The largest absolute Gasteiger partial charge is 0.436 e. The number of fused-ring (bicyclic) bond motifs is 1. The average Bonchev–Trinajstić information content (AvgIpc) is 3.44. The fourth-order valence-corrected chi connectivity index (χ4v) is 5.28. The molecular formula is C35H35N3O6S. The first-order valence-electron chi connectivity index (χ1n) is 14.6. The van der Waals surface area contributed by atoms with Crippen LogP contribution in [0, 0.1) is 0 Å². The van der Waals surface area contributed by atoms with Crippen molar-refractivity contribution in [2.75, 3.05) is 17.6 Å². The summed E-state index contributed by atoms with van der Waals surface area (Å²) in [5.74, 6) is -1.23. The number of amides is 2. The van der Waals surface area contributed by atoms with Gasteiger partial charge in [-0.25, -0.2) is 4.98 Å². The third kappa shape index (κ3) is 8.23. The minimum absolute atomic E-state index is 0.0372. The van der Waals surface area contributed by atoms with E-state index in [1.165, 1.54) is 0 Å². The monoisotopic (exact) mass is 625 g/mol. The van der Waals surface area contributed by atoms with E-state index in [1.54, 1.807) is 24.3 Å². The highest BCUT2D eigenvalue weighted by molar-refractivity contribution is 7.85. The van der Waals surface area contributed by atoms with Gasteiger partial charge >= 0.3 is 0 Å². The van der Waals surface area contributed by atoms with E-state index in [1.807, 2.05) is 72.8 Å². The van der Waals surface area contributed by atoms with Crippen molar-refractivity contribution in [2.24, 2.45) is 0 Å². The second-order valence-electron chi connectivity index (χ2n) is 11.9. The van der Waals surface area contributed by atoms with Gasteiger partial charge < -0.3 is 15.1 Å². The van der Waals surface area contributed by atoms with Crippen LogP contribution < -0.4 is 10.6 Å². The van der Waals surface area contributed by atoms with Crippen LogP contribution in [0.25, 0.3) is 22.6 Å². The average molecular weight is 626 g/mol. The van der Waals surface area contributed by atoms with Crippen molar-refractivity contribution in [1.82, 2.24) is 10.3 Å². The zero-order chi connectivity index (χ0) is 32.2. The molecule has 0 aliphatic carbocycles. The van der Waals surface area contributed by atoms with Gasteiger partial charge in [0.25, 0.3) is 16.0 Å². The smallest absolute Gasteiger partial charge is 0.266 e. The molecule has 5 rings (SSSR count). The Morgan fingerprint density at radius 1 is 0.889 bits per heavy atom. The number of carbonyl (C=O) groups excluding carboxylic acids is 2. The van der Waals surface area contributed by atoms with E-state index in [0.29, 0.717) is 29.1 Å². The van der Waals surface area contributed by atoms with Crippen LogP contribution >= 0.6 is 0 Å². The Kier molecular flexibility index (Phi) is 9.17. The van der Waals surface area contributed by atoms with E-state index in [2.05, 4.69) is 36.4 Å². The third-order valence-corrected chi connectivity index (χ3v) is 8.21. The van der Waals surface area contributed by atoms with Gasteiger partial charge in [-0.15, -0.1) is 0 Å². The molecule has 0 radical (unpaired) electrons. The van der Waals surface area contributed by atoms with Gasteiger partial charge in [0.1, 0.15) is 5.52 Å². The molecule has 1 aromatic heterocycles. The summed E-state index contributed by atoms with van der Waals surface area (Å²) in [7, 11) is -4.17. The highest BCUT2D eigenvalue weighted by Gasteiger charge is 2.23. The standard InChI is InChI=1S/C35H35N3O6S/c1-35(2,3)27-16-12-24(13-17-27)29(22-23-8-10-25(11-9-23)32(39)36-20-21-45(41,42)43)33(40)37-28-18-14-26(15-19-28)34-38-30-6-4-5-7-31(30)44-34/h4-19,29H,20-22H2,1-3H3,(H,36,39)(H,37,40)(H,41,42,43). The van der Waals surface area contributed by atoms with Gasteiger partial charge in [-0.2, -0.15) is 8.42 Å². The molecule has 0 saturated heterocycles. The quantitative estimate of drug-likeness (QED) is 0.153. The van der Waals surface area contributed by atoms with E-state index < -0.39 is 27.7 Å². The Labute approximate surface area is 262 Å². The summed E-state index contributed by atoms with van der Waals surface area (Å²) in [6.45, 7) is 6.20. The summed E-state index contributed by atoms with van der Waals surface area (Å²) in [6, 6.07) is 29.8. The van der Waals surface area contributed by atoms with Crippen molar-refractivity contribution in [3.05, 3.63) is 119 Å². The van der Waals surface area contributed by atoms with Crippen LogP contribution in [0.1, 0.15) is 53.7 Å². The highest BCUT2D eigenvalue weighted by atomic mass is 32.2. The van der Waals surface area contributed by atoms with Crippen LogP contribution in [0.4, 0.5) is 5.69 Å². The minimum atomic E-state index is -4.17. The number of nitrogens with zero attached hydrogens (tertiary/aromatic N) is 1. The van der Waals surface area contributed by atoms with E-state index in [9.17, 15) is 18.0 Å². The molecule has 1 atom stereocenters. The zero-order valence-corrected chi connectivity index (χ0v) is 26.1. The topological polar surface area (TPSA) is 139 Å². The van der Waals surface area contributed by atoms with Gasteiger partial charge in [0.15, 0.2) is 5.58 Å². The lowest BCUT2D eigenvalue weighted by molar-refractivity contribution is -0.117. The molecule has 2 amide bonds. The molecule has 0 fully saturated rings.